The molecule has 0 bridgehead atoms. The molecule has 2 atom stereocenters. The Balaban J connectivity index is 1.35. The van der Waals surface area contributed by atoms with Crippen LogP contribution in [-0.4, -0.2) is 56.5 Å². The molecule has 1 N–H and O–H groups in total. The van der Waals surface area contributed by atoms with Gasteiger partial charge in [-0.15, -0.1) is 5.10 Å². The molecule has 1 fully saturated rings. The highest BCUT2D eigenvalue weighted by Gasteiger charge is 2.38. The van der Waals surface area contributed by atoms with Gasteiger partial charge in [-0.2, -0.15) is 13.2 Å². The molecule has 3 heterocycles. The number of amides is 1. The molecule has 12 heteroatoms. The Morgan fingerprint density at radius 2 is 1.95 bits per heavy atom. The minimum absolute atomic E-state index is 0.0464. The molecule has 2 aromatic heterocycles. The summed E-state index contributed by atoms with van der Waals surface area (Å²) >= 11 is 0. The van der Waals surface area contributed by atoms with Crippen LogP contribution in [0.5, 0.6) is 0 Å². The maximum Gasteiger partial charge on any atom is 0.416 e. The van der Waals surface area contributed by atoms with E-state index in [4.69, 9.17) is 4.74 Å². The Morgan fingerprint density at radius 1 is 1.10 bits per heavy atom. The number of fused-ring (bicyclic) bond motifs is 1. The Bertz CT molecular complexity index is 1510. The third kappa shape index (κ3) is 5.90. The summed E-state index contributed by atoms with van der Waals surface area (Å²) < 4.78 is 45.6. The largest absolute Gasteiger partial charge is 0.464 e. The maximum atomic E-state index is 13.3. The molecule has 9 nitrogen and oxygen atoms in total. The number of rotatable bonds is 7. The first-order chi connectivity index (χ1) is 18.7. The minimum Gasteiger partial charge on any atom is -0.464 e. The van der Waals surface area contributed by atoms with Crippen LogP contribution in [0.25, 0.3) is 10.9 Å². The van der Waals surface area contributed by atoms with Crippen molar-refractivity contribution in [2.24, 2.45) is 0 Å². The van der Waals surface area contributed by atoms with Gasteiger partial charge in [-0.1, -0.05) is 29.5 Å². The van der Waals surface area contributed by atoms with Crippen molar-refractivity contribution in [3.05, 3.63) is 89.4 Å². The van der Waals surface area contributed by atoms with Gasteiger partial charge in [0, 0.05) is 31.2 Å². The van der Waals surface area contributed by atoms with Crippen molar-refractivity contribution in [2.45, 2.75) is 37.8 Å². The number of pyridine rings is 1. The lowest BCUT2D eigenvalue weighted by atomic mass is 10.1. The summed E-state index contributed by atoms with van der Waals surface area (Å²) in [6, 6.07) is 13.7. The van der Waals surface area contributed by atoms with Crippen molar-refractivity contribution in [3.63, 3.8) is 0 Å². The van der Waals surface area contributed by atoms with E-state index in [9.17, 15) is 22.8 Å². The molecule has 1 aliphatic rings. The fourth-order valence-corrected chi connectivity index (χ4v) is 4.79. The monoisotopic (exact) mass is 538 g/mol. The lowest BCUT2D eigenvalue weighted by Gasteiger charge is -2.23. The Morgan fingerprint density at radius 3 is 2.74 bits per heavy atom. The number of esters is 1. The van der Waals surface area contributed by atoms with Crippen LogP contribution in [0, 0.1) is 0 Å². The number of carbonyl (C=O) groups excluding carboxylic acids is 2. The first-order valence-corrected chi connectivity index (χ1v) is 12.2. The fraction of sp³-hybridized carbons (Fsp3) is 0.296. The summed E-state index contributed by atoms with van der Waals surface area (Å²) in [6.07, 6.45) is -0.892. The van der Waals surface area contributed by atoms with Gasteiger partial charge in [0.1, 0.15) is 0 Å². The fourth-order valence-electron chi connectivity index (χ4n) is 4.79. The van der Waals surface area contributed by atoms with Gasteiger partial charge in [0.2, 0.25) is 5.91 Å². The third-order valence-corrected chi connectivity index (χ3v) is 6.74. The molecule has 2 aromatic carbocycles. The highest BCUT2D eigenvalue weighted by atomic mass is 19.4. The number of halogens is 3. The number of aromatic nitrogens is 4. The van der Waals surface area contributed by atoms with Gasteiger partial charge < -0.3 is 10.1 Å². The van der Waals surface area contributed by atoms with Crippen molar-refractivity contribution >= 4 is 22.8 Å². The zero-order chi connectivity index (χ0) is 27.6. The van der Waals surface area contributed by atoms with Crippen LogP contribution in [0.2, 0.25) is 0 Å². The Labute approximate surface area is 221 Å². The van der Waals surface area contributed by atoms with Gasteiger partial charge in [-0.3, -0.25) is 14.7 Å². The molecular formula is C27H25F3N6O3. The number of nitrogens with one attached hydrogen (secondary N) is 1. The molecule has 39 heavy (non-hydrogen) atoms. The van der Waals surface area contributed by atoms with E-state index < -0.39 is 23.8 Å². The number of likely N-dealkylation sites (tertiary alicyclic amines) is 1. The first-order valence-electron chi connectivity index (χ1n) is 12.2. The number of nitrogens with zero attached hydrogens (tertiary/aromatic N) is 5. The second kappa shape index (κ2) is 10.8. The van der Waals surface area contributed by atoms with Crippen LogP contribution in [-0.2, 0) is 28.8 Å². The van der Waals surface area contributed by atoms with Crippen molar-refractivity contribution in [1.82, 2.24) is 30.2 Å². The average Bonchev–Trinajstić information content (AvgIpc) is 3.59. The zero-order valence-electron chi connectivity index (χ0n) is 20.9. The molecule has 202 valence electrons. The summed E-state index contributed by atoms with van der Waals surface area (Å²) in [5.41, 5.74) is 1.47. The van der Waals surface area contributed by atoms with Gasteiger partial charge in [0.25, 0.3) is 0 Å². The van der Waals surface area contributed by atoms with E-state index in [1.54, 1.807) is 10.9 Å². The topological polar surface area (TPSA) is 102 Å². The standard InChI is InChI=1S/C27H25F3N6O3/c1-39-26(38)23-16-36(34-33-23)21-12-24(25(37)32-13-17-4-2-6-20(11-17)27(28,29)30)35(15-21)14-18-7-8-22-19(10-18)5-3-9-31-22/h2-11,16,21,24H,12-15H2,1H3,(H,32,37)/t21-,24+/m1/s1. The Hall–Kier alpha value is -4.32. The van der Waals surface area contributed by atoms with Gasteiger partial charge in [-0.25, -0.2) is 9.48 Å². The number of benzene rings is 2. The number of hydrogen-bond acceptors (Lipinski definition) is 7. The summed E-state index contributed by atoms with van der Waals surface area (Å²) in [5.74, 6) is -0.929. The van der Waals surface area contributed by atoms with Crippen LogP contribution in [0.15, 0.2) is 67.0 Å². The number of carbonyl (C=O) groups is 2. The van der Waals surface area contributed by atoms with Crippen LogP contribution >= 0.6 is 0 Å². The summed E-state index contributed by atoms with van der Waals surface area (Å²) in [7, 11) is 1.25. The third-order valence-electron chi connectivity index (χ3n) is 6.74. The highest BCUT2D eigenvalue weighted by Crippen LogP contribution is 2.31. The zero-order valence-corrected chi connectivity index (χ0v) is 20.9. The quantitative estimate of drug-likeness (QED) is 0.358. The molecule has 0 spiro atoms. The van der Waals surface area contributed by atoms with Crippen LogP contribution in [0.1, 0.15) is 39.6 Å². The molecule has 1 aliphatic heterocycles. The summed E-state index contributed by atoms with van der Waals surface area (Å²) in [5, 5.41) is 11.7. The van der Waals surface area contributed by atoms with Crippen LogP contribution in [0.3, 0.4) is 0 Å². The van der Waals surface area contributed by atoms with Crippen molar-refractivity contribution in [2.75, 3.05) is 13.7 Å². The molecule has 4 aromatic rings. The van der Waals surface area contributed by atoms with E-state index in [-0.39, 0.29) is 24.2 Å². The highest BCUT2D eigenvalue weighted by molar-refractivity contribution is 5.86. The predicted molar refractivity (Wildman–Crippen MR) is 134 cm³/mol. The Kier molecular flexibility index (Phi) is 7.29. The smallest absolute Gasteiger partial charge is 0.416 e. The van der Waals surface area contributed by atoms with E-state index in [0.717, 1.165) is 28.6 Å². The maximum absolute atomic E-state index is 13.3. The number of methoxy groups -OCH3 is 1. The molecule has 1 saturated heterocycles. The number of ether oxygens (including phenoxy) is 1. The van der Waals surface area contributed by atoms with Crippen molar-refractivity contribution < 1.29 is 27.5 Å². The first kappa shape index (κ1) is 26.3. The van der Waals surface area contributed by atoms with Crippen molar-refractivity contribution in [3.8, 4) is 0 Å². The SMILES string of the molecule is COC(=O)c1cn([C@@H]2C[C@@H](C(=O)NCc3cccc(C(F)(F)F)c3)N(Cc3ccc4ncccc4c3)C2)nn1. The predicted octanol–water partition coefficient (Wildman–Crippen LogP) is 3.76. The second-order valence-corrected chi connectivity index (χ2v) is 9.36. The molecule has 0 unspecified atom stereocenters. The van der Waals surface area contributed by atoms with Crippen LogP contribution in [0.4, 0.5) is 13.2 Å². The normalized spacial score (nSPS) is 17.8. The van der Waals surface area contributed by atoms with Gasteiger partial charge in [0.15, 0.2) is 5.69 Å². The van der Waals surface area contributed by atoms with Crippen LogP contribution < -0.4 is 5.32 Å². The lowest BCUT2D eigenvalue weighted by Crippen LogP contribution is -2.42. The summed E-state index contributed by atoms with van der Waals surface area (Å²) in [4.78, 5) is 31.5. The summed E-state index contributed by atoms with van der Waals surface area (Å²) in [6.45, 7) is 0.841. The van der Waals surface area contributed by atoms with Gasteiger partial charge >= 0.3 is 12.1 Å². The average molecular weight is 539 g/mol. The molecule has 5 rings (SSSR count). The minimum atomic E-state index is -4.47. The molecule has 0 radical (unpaired) electrons. The molecule has 1 amide bonds. The number of alkyl halides is 3. The van der Waals surface area contributed by atoms with Gasteiger partial charge in [0.05, 0.1) is 36.5 Å². The molecular weight excluding hydrogens is 513 g/mol. The van der Waals surface area contributed by atoms with E-state index in [0.29, 0.717) is 25.1 Å². The number of hydrogen-bond donors (Lipinski definition) is 1. The lowest BCUT2D eigenvalue weighted by molar-refractivity contribution is -0.137. The van der Waals surface area contributed by atoms with Crippen molar-refractivity contribution in [1.29, 1.82) is 0 Å². The van der Waals surface area contributed by atoms with E-state index >= 15 is 0 Å². The van der Waals surface area contributed by atoms with E-state index in [1.165, 1.54) is 25.4 Å². The molecule has 0 saturated carbocycles. The van der Waals surface area contributed by atoms with E-state index in [1.807, 2.05) is 35.2 Å². The van der Waals surface area contributed by atoms with Gasteiger partial charge in [-0.05, 0) is 47.9 Å². The second-order valence-electron chi connectivity index (χ2n) is 9.36. The molecule has 0 aliphatic carbocycles. The van der Waals surface area contributed by atoms with E-state index in [2.05, 4.69) is 20.6 Å².